The van der Waals surface area contributed by atoms with E-state index in [1.807, 2.05) is 31.2 Å². The zero-order valence-electron chi connectivity index (χ0n) is 15.3. The molecule has 0 spiro atoms. The third kappa shape index (κ3) is 3.72. The Morgan fingerprint density at radius 1 is 1.07 bits per heavy atom. The zero-order chi connectivity index (χ0) is 18.8. The lowest BCUT2D eigenvalue weighted by Gasteiger charge is -2.26. The molecule has 1 N–H and O–H groups in total. The van der Waals surface area contributed by atoms with E-state index in [0.717, 1.165) is 49.2 Å². The Hall–Kier alpha value is -2.70. The number of hydrogen-bond donors (Lipinski definition) is 1. The molecule has 3 aromatic rings. The molecule has 0 radical (unpaired) electrons. The summed E-state index contributed by atoms with van der Waals surface area (Å²) < 4.78 is 10.8. The van der Waals surface area contributed by atoms with E-state index in [1.54, 1.807) is 12.1 Å². The van der Waals surface area contributed by atoms with Crippen molar-refractivity contribution in [1.82, 2.24) is 10.2 Å². The molecule has 0 unspecified atom stereocenters. The fraction of sp³-hybridized carbons (Fsp3) is 0.333. The summed E-state index contributed by atoms with van der Waals surface area (Å²) in [4.78, 5) is 27.1. The highest BCUT2D eigenvalue weighted by Crippen LogP contribution is 2.24. The van der Waals surface area contributed by atoms with Crippen LogP contribution < -0.4 is 10.9 Å². The van der Waals surface area contributed by atoms with Gasteiger partial charge in [-0.25, -0.2) is 4.79 Å². The van der Waals surface area contributed by atoms with Crippen LogP contribution in [0.5, 0.6) is 0 Å². The number of nitrogens with zero attached hydrogens (tertiary/aromatic N) is 1. The number of benzene rings is 2. The first-order chi connectivity index (χ1) is 13.1. The second-order valence-electron chi connectivity index (χ2n) is 6.86. The van der Waals surface area contributed by atoms with Crippen LogP contribution in [-0.4, -0.2) is 50.2 Å². The van der Waals surface area contributed by atoms with Crippen molar-refractivity contribution in [3.63, 3.8) is 0 Å². The molecule has 1 aliphatic rings. The topological polar surface area (TPSA) is 71.8 Å². The Labute approximate surface area is 156 Å². The molecule has 1 fully saturated rings. The van der Waals surface area contributed by atoms with Crippen molar-refractivity contribution in [2.75, 3.05) is 39.4 Å². The third-order valence-corrected chi connectivity index (χ3v) is 4.95. The highest BCUT2D eigenvalue weighted by molar-refractivity contribution is 6.07. The number of ether oxygens (including phenoxy) is 1. The molecule has 1 aromatic heterocycles. The molecule has 6 heteroatoms. The van der Waals surface area contributed by atoms with Crippen molar-refractivity contribution >= 4 is 27.6 Å². The van der Waals surface area contributed by atoms with Gasteiger partial charge in [0.15, 0.2) is 0 Å². The van der Waals surface area contributed by atoms with Gasteiger partial charge in [0, 0.05) is 37.1 Å². The van der Waals surface area contributed by atoms with Gasteiger partial charge in [-0.15, -0.1) is 0 Å². The first kappa shape index (κ1) is 17.7. The van der Waals surface area contributed by atoms with Crippen molar-refractivity contribution in [2.45, 2.75) is 6.92 Å². The summed E-state index contributed by atoms with van der Waals surface area (Å²) in [5, 5.41) is 5.01. The molecule has 1 saturated heterocycles. The molecule has 27 heavy (non-hydrogen) atoms. The van der Waals surface area contributed by atoms with Crippen molar-refractivity contribution in [1.29, 1.82) is 0 Å². The van der Waals surface area contributed by atoms with Gasteiger partial charge in [-0.3, -0.25) is 9.69 Å². The Morgan fingerprint density at radius 2 is 1.85 bits per heavy atom. The van der Waals surface area contributed by atoms with Gasteiger partial charge in [-0.2, -0.15) is 0 Å². The van der Waals surface area contributed by atoms with Gasteiger partial charge in [0.1, 0.15) is 5.58 Å². The standard InChI is InChI=1S/C21H22N2O4/c1-14-2-4-17-16-5-3-15(13-18(16)21(25)27-19(17)12-14)20(24)22-6-7-23-8-10-26-11-9-23/h2-5,12-13H,6-11H2,1H3,(H,22,24). The van der Waals surface area contributed by atoms with E-state index in [4.69, 9.17) is 9.15 Å². The zero-order valence-corrected chi connectivity index (χ0v) is 15.3. The second-order valence-corrected chi connectivity index (χ2v) is 6.86. The van der Waals surface area contributed by atoms with Crippen LogP contribution in [0.3, 0.4) is 0 Å². The van der Waals surface area contributed by atoms with Crippen LogP contribution >= 0.6 is 0 Å². The first-order valence-electron chi connectivity index (χ1n) is 9.17. The average molecular weight is 366 g/mol. The minimum Gasteiger partial charge on any atom is -0.422 e. The number of aryl methyl sites for hydroxylation is 1. The molecule has 0 aliphatic carbocycles. The number of carbonyl (C=O) groups is 1. The van der Waals surface area contributed by atoms with Gasteiger partial charge in [-0.05, 0) is 36.1 Å². The molecule has 6 nitrogen and oxygen atoms in total. The second kappa shape index (κ2) is 7.50. The molecular formula is C21H22N2O4. The van der Waals surface area contributed by atoms with Gasteiger partial charge in [0.05, 0.1) is 18.6 Å². The van der Waals surface area contributed by atoms with Crippen LogP contribution in [-0.2, 0) is 4.74 Å². The lowest BCUT2D eigenvalue weighted by molar-refractivity contribution is 0.0383. The predicted molar refractivity (Wildman–Crippen MR) is 104 cm³/mol. The fourth-order valence-corrected chi connectivity index (χ4v) is 3.43. The summed E-state index contributed by atoms with van der Waals surface area (Å²) in [6.07, 6.45) is 0. The third-order valence-electron chi connectivity index (χ3n) is 4.95. The molecule has 0 bridgehead atoms. The Bertz CT molecular complexity index is 1050. The largest absolute Gasteiger partial charge is 0.422 e. The quantitative estimate of drug-likeness (QED) is 0.567. The van der Waals surface area contributed by atoms with Gasteiger partial charge >= 0.3 is 5.63 Å². The fourth-order valence-electron chi connectivity index (χ4n) is 3.43. The summed E-state index contributed by atoms with van der Waals surface area (Å²) in [6, 6.07) is 11.0. The lowest BCUT2D eigenvalue weighted by Crippen LogP contribution is -2.41. The maximum Gasteiger partial charge on any atom is 0.344 e. The van der Waals surface area contributed by atoms with Gasteiger partial charge in [0.2, 0.25) is 0 Å². The SMILES string of the molecule is Cc1ccc2c(c1)oc(=O)c1cc(C(=O)NCCN3CCOCC3)ccc12. The first-order valence-corrected chi connectivity index (χ1v) is 9.17. The van der Waals surface area contributed by atoms with Crippen LogP contribution in [0.4, 0.5) is 0 Å². The number of fused-ring (bicyclic) bond motifs is 3. The van der Waals surface area contributed by atoms with Crippen LogP contribution in [0.15, 0.2) is 45.6 Å². The van der Waals surface area contributed by atoms with Crippen LogP contribution in [0.25, 0.3) is 21.7 Å². The summed E-state index contributed by atoms with van der Waals surface area (Å²) in [6.45, 7) is 6.55. The monoisotopic (exact) mass is 366 g/mol. The molecule has 1 amide bonds. The van der Waals surface area contributed by atoms with Crippen molar-refractivity contribution in [3.8, 4) is 0 Å². The van der Waals surface area contributed by atoms with Gasteiger partial charge < -0.3 is 14.5 Å². The minimum absolute atomic E-state index is 0.187. The van der Waals surface area contributed by atoms with E-state index < -0.39 is 5.63 Å². The average Bonchev–Trinajstić information content (AvgIpc) is 2.68. The van der Waals surface area contributed by atoms with E-state index in [1.165, 1.54) is 0 Å². The molecule has 140 valence electrons. The number of hydrogen-bond acceptors (Lipinski definition) is 5. The van der Waals surface area contributed by atoms with Gasteiger partial charge in [-0.1, -0.05) is 18.2 Å². The van der Waals surface area contributed by atoms with E-state index in [2.05, 4.69) is 10.2 Å². The number of amides is 1. The highest BCUT2D eigenvalue weighted by atomic mass is 16.5. The summed E-state index contributed by atoms with van der Waals surface area (Å²) in [5.74, 6) is -0.187. The van der Waals surface area contributed by atoms with E-state index in [0.29, 0.717) is 23.1 Å². The highest BCUT2D eigenvalue weighted by Gasteiger charge is 2.13. The van der Waals surface area contributed by atoms with Crippen LogP contribution in [0.2, 0.25) is 0 Å². The van der Waals surface area contributed by atoms with E-state index in [-0.39, 0.29) is 5.91 Å². The molecule has 4 rings (SSSR count). The Morgan fingerprint density at radius 3 is 2.67 bits per heavy atom. The summed E-state index contributed by atoms with van der Waals surface area (Å²) >= 11 is 0. The lowest BCUT2D eigenvalue weighted by atomic mass is 10.0. The molecule has 0 atom stereocenters. The number of rotatable bonds is 4. The number of carbonyl (C=O) groups excluding carboxylic acids is 1. The molecule has 0 saturated carbocycles. The summed E-state index contributed by atoms with van der Waals surface area (Å²) in [7, 11) is 0. The number of morpholine rings is 1. The minimum atomic E-state index is -0.425. The van der Waals surface area contributed by atoms with Crippen molar-refractivity contribution in [2.24, 2.45) is 0 Å². The van der Waals surface area contributed by atoms with Crippen molar-refractivity contribution in [3.05, 3.63) is 57.9 Å². The predicted octanol–water partition coefficient (Wildman–Crippen LogP) is 2.32. The molecule has 2 heterocycles. The van der Waals surface area contributed by atoms with Gasteiger partial charge in [0.25, 0.3) is 5.91 Å². The maximum absolute atomic E-state index is 12.5. The molecule has 1 aliphatic heterocycles. The summed E-state index contributed by atoms with van der Waals surface area (Å²) in [5.41, 5.74) is 1.63. The molecule has 2 aromatic carbocycles. The van der Waals surface area contributed by atoms with Crippen LogP contribution in [0, 0.1) is 6.92 Å². The number of nitrogens with one attached hydrogen (secondary N) is 1. The van der Waals surface area contributed by atoms with E-state index in [9.17, 15) is 9.59 Å². The van der Waals surface area contributed by atoms with Crippen molar-refractivity contribution < 1.29 is 13.9 Å². The Balaban J connectivity index is 1.54. The van der Waals surface area contributed by atoms with Crippen LogP contribution in [0.1, 0.15) is 15.9 Å². The smallest absolute Gasteiger partial charge is 0.344 e. The normalized spacial score (nSPS) is 15.3. The molecular weight excluding hydrogens is 344 g/mol. The Kier molecular flexibility index (Phi) is 4.92. The maximum atomic E-state index is 12.5. The van der Waals surface area contributed by atoms with E-state index >= 15 is 0 Å².